The van der Waals surface area contributed by atoms with Crippen molar-refractivity contribution in [2.75, 3.05) is 13.1 Å². The Morgan fingerprint density at radius 2 is 2.00 bits per heavy atom. The van der Waals surface area contributed by atoms with Gasteiger partial charge >= 0.3 is 0 Å². The summed E-state index contributed by atoms with van der Waals surface area (Å²) < 4.78 is 2.85. The molecule has 3 rings (SSSR count). The molecule has 0 aliphatic carbocycles. The third kappa shape index (κ3) is 3.57. The van der Waals surface area contributed by atoms with E-state index in [4.69, 9.17) is 0 Å². The van der Waals surface area contributed by atoms with Crippen LogP contribution in [0.3, 0.4) is 0 Å². The van der Waals surface area contributed by atoms with Crippen LogP contribution in [-0.4, -0.2) is 33.9 Å². The molecule has 0 amide bonds. The summed E-state index contributed by atoms with van der Waals surface area (Å²) in [7, 11) is 0. The number of hydrogen-bond acceptors (Lipinski definition) is 4. The first-order valence-electron chi connectivity index (χ1n) is 7.12. The van der Waals surface area contributed by atoms with Gasteiger partial charge in [0.1, 0.15) is 5.69 Å². The molecule has 21 heavy (non-hydrogen) atoms. The molecule has 1 N–H and O–H groups in total. The lowest BCUT2D eigenvalue weighted by Gasteiger charge is -2.22. The van der Waals surface area contributed by atoms with Gasteiger partial charge in [0.05, 0.1) is 12.2 Å². The number of ketones is 1. The summed E-state index contributed by atoms with van der Waals surface area (Å²) in [6, 6.07) is 8.12. The van der Waals surface area contributed by atoms with Gasteiger partial charge in [-0.15, -0.1) is 5.10 Å². The van der Waals surface area contributed by atoms with Crippen LogP contribution in [0.25, 0.3) is 0 Å². The highest BCUT2D eigenvalue weighted by molar-refractivity contribution is 9.10. The summed E-state index contributed by atoms with van der Waals surface area (Å²) in [5, 5.41) is 11.5. The molecule has 2 heterocycles. The van der Waals surface area contributed by atoms with Crippen LogP contribution in [-0.2, 0) is 6.42 Å². The predicted octanol–water partition coefficient (Wildman–Crippen LogP) is 2.39. The summed E-state index contributed by atoms with van der Waals surface area (Å²) in [5.41, 5.74) is 1.44. The SMILES string of the molecule is O=C(Cc1ccc(Br)cc1)c1cn(C2CCNCC2)nn1. The van der Waals surface area contributed by atoms with E-state index in [-0.39, 0.29) is 5.78 Å². The third-order valence-electron chi connectivity index (χ3n) is 3.76. The van der Waals surface area contributed by atoms with Gasteiger partial charge in [0, 0.05) is 10.9 Å². The Morgan fingerprint density at radius 3 is 2.71 bits per heavy atom. The highest BCUT2D eigenvalue weighted by Crippen LogP contribution is 2.18. The Morgan fingerprint density at radius 1 is 1.29 bits per heavy atom. The summed E-state index contributed by atoms with van der Waals surface area (Å²) in [5.74, 6) is 0.0116. The topological polar surface area (TPSA) is 59.8 Å². The molecule has 1 aliphatic heterocycles. The lowest BCUT2D eigenvalue weighted by Crippen LogP contribution is -2.29. The number of carbonyl (C=O) groups is 1. The van der Waals surface area contributed by atoms with Gasteiger partial charge in [0.2, 0.25) is 0 Å². The average Bonchev–Trinajstić information content (AvgIpc) is 3.00. The zero-order chi connectivity index (χ0) is 14.7. The molecule has 1 saturated heterocycles. The highest BCUT2D eigenvalue weighted by Gasteiger charge is 2.18. The number of piperidine rings is 1. The van der Waals surface area contributed by atoms with E-state index < -0.39 is 0 Å². The second-order valence-electron chi connectivity index (χ2n) is 5.29. The molecule has 0 unspecified atom stereocenters. The third-order valence-corrected chi connectivity index (χ3v) is 4.29. The minimum atomic E-state index is 0.0116. The molecule has 2 aromatic rings. The van der Waals surface area contributed by atoms with Crippen molar-refractivity contribution in [3.63, 3.8) is 0 Å². The number of carbonyl (C=O) groups excluding carboxylic acids is 1. The van der Waals surface area contributed by atoms with Crippen LogP contribution in [0, 0.1) is 0 Å². The number of hydrogen-bond donors (Lipinski definition) is 1. The standard InChI is InChI=1S/C15H17BrN4O/c16-12-3-1-11(2-4-12)9-15(21)14-10-20(19-18-14)13-5-7-17-8-6-13/h1-4,10,13,17H,5-9H2. The van der Waals surface area contributed by atoms with Gasteiger partial charge in [-0.05, 0) is 43.6 Å². The fraction of sp³-hybridized carbons (Fsp3) is 0.400. The fourth-order valence-electron chi connectivity index (χ4n) is 2.53. The number of nitrogens with zero attached hydrogens (tertiary/aromatic N) is 3. The van der Waals surface area contributed by atoms with Crippen molar-refractivity contribution >= 4 is 21.7 Å². The molecule has 1 fully saturated rings. The Bertz CT molecular complexity index is 617. The fourth-order valence-corrected chi connectivity index (χ4v) is 2.80. The van der Waals surface area contributed by atoms with E-state index in [0.29, 0.717) is 18.2 Å². The molecule has 0 atom stereocenters. The second-order valence-corrected chi connectivity index (χ2v) is 6.21. The Balaban J connectivity index is 1.67. The molecule has 5 nitrogen and oxygen atoms in total. The van der Waals surface area contributed by atoms with Gasteiger partial charge in [-0.25, -0.2) is 4.68 Å². The molecule has 1 aliphatic rings. The van der Waals surface area contributed by atoms with E-state index in [9.17, 15) is 4.79 Å². The monoisotopic (exact) mass is 348 g/mol. The maximum atomic E-state index is 12.3. The van der Waals surface area contributed by atoms with Crippen molar-refractivity contribution in [3.05, 3.63) is 46.2 Å². The quantitative estimate of drug-likeness (QED) is 0.861. The lowest BCUT2D eigenvalue weighted by molar-refractivity contribution is 0.0988. The van der Waals surface area contributed by atoms with E-state index in [1.807, 2.05) is 28.9 Å². The number of Topliss-reactive ketones (excluding diaryl/α,β-unsaturated/α-hetero) is 1. The van der Waals surface area contributed by atoms with Gasteiger partial charge in [0.25, 0.3) is 0 Å². The van der Waals surface area contributed by atoms with Gasteiger partial charge < -0.3 is 5.32 Å². The first-order chi connectivity index (χ1) is 10.2. The zero-order valence-electron chi connectivity index (χ0n) is 11.6. The van der Waals surface area contributed by atoms with Crippen LogP contribution in [0.2, 0.25) is 0 Å². The van der Waals surface area contributed by atoms with E-state index >= 15 is 0 Å². The minimum absolute atomic E-state index is 0.0116. The molecular formula is C15H17BrN4O. The number of aromatic nitrogens is 3. The molecule has 0 spiro atoms. The molecule has 110 valence electrons. The maximum absolute atomic E-state index is 12.3. The first-order valence-corrected chi connectivity index (χ1v) is 7.92. The summed E-state index contributed by atoms with van der Waals surface area (Å²) in [6.45, 7) is 1.99. The largest absolute Gasteiger partial charge is 0.317 e. The molecule has 0 bridgehead atoms. The predicted molar refractivity (Wildman–Crippen MR) is 83.3 cm³/mol. The van der Waals surface area contributed by atoms with Gasteiger partial charge in [-0.1, -0.05) is 33.3 Å². The molecule has 0 saturated carbocycles. The Labute approximate surface area is 131 Å². The highest BCUT2D eigenvalue weighted by atomic mass is 79.9. The Hall–Kier alpha value is -1.53. The van der Waals surface area contributed by atoms with Crippen LogP contribution in [0.1, 0.15) is 34.9 Å². The van der Waals surface area contributed by atoms with Gasteiger partial charge in [-0.2, -0.15) is 0 Å². The summed E-state index contributed by atoms with van der Waals surface area (Å²) in [6.07, 6.45) is 4.21. The molecule has 0 radical (unpaired) electrons. The van der Waals surface area contributed by atoms with Crippen LogP contribution < -0.4 is 5.32 Å². The van der Waals surface area contributed by atoms with Gasteiger partial charge in [0.15, 0.2) is 5.78 Å². The van der Waals surface area contributed by atoms with E-state index in [1.165, 1.54) is 0 Å². The first kappa shape index (κ1) is 14.4. The van der Waals surface area contributed by atoms with Crippen molar-refractivity contribution < 1.29 is 4.79 Å². The molecular weight excluding hydrogens is 332 g/mol. The molecule has 6 heteroatoms. The van der Waals surface area contributed by atoms with Crippen LogP contribution in [0.15, 0.2) is 34.9 Å². The minimum Gasteiger partial charge on any atom is -0.317 e. The number of benzene rings is 1. The van der Waals surface area contributed by atoms with Crippen molar-refractivity contribution in [3.8, 4) is 0 Å². The van der Waals surface area contributed by atoms with Crippen molar-refractivity contribution in [1.29, 1.82) is 0 Å². The van der Waals surface area contributed by atoms with E-state index in [0.717, 1.165) is 36.0 Å². The van der Waals surface area contributed by atoms with Crippen LogP contribution >= 0.6 is 15.9 Å². The van der Waals surface area contributed by atoms with Crippen molar-refractivity contribution in [1.82, 2.24) is 20.3 Å². The van der Waals surface area contributed by atoms with Crippen molar-refractivity contribution in [2.24, 2.45) is 0 Å². The smallest absolute Gasteiger partial charge is 0.189 e. The normalized spacial score (nSPS) is 16.0. The second kappa shape index (κ2) is 6.49. The zero-order valence-corrected chi connectivity index (χ0v) is 13.2. The van der Waals surface area contributed by atoms with Crippen LogP contribution in [0.5, 0.6) is 0 Å². The Kier molecular flexibility index (Phi) is 4.45. The van der Waals surface area contributed by atoms with Gasteiger partial charge in [-0.3, -0.25) is 4.79 Å². The van der Waals surface area contributed by atoms with E-state index in [2.05, 4.69) is 31.6 Å². The average molecular weight is 349 g/mol. The number of halogens is 1. The summed E-state index contributed by atoms with van der Waals surface area (Å²) in [4.78, 5) is 12.3. The van der Waals surface area contributed by atoms with E-state index in [1.54, 1.807) is 6.20 Å². The van der Waals surface area contributed by atoms with Crippen LogP contribution in [0.4, 0.5) is 0 Å². The molecule has 1 aromatic heterocycles. The summed E-state index contributed by atoms with van der Waals surface area (Å²) >= 11 is 3.39. The van der Waals surface area contributed by atoms with Crippen molar-refractivity contribution in [2.45, 2.75) is 25.3 Å². The maximum Gasteiger partial charge on any atom is 0.189 e. The number of rotatable bonds is 4. The lowest BCUT2D eigenvalue weighted by atomic mass is 10.1. The molecule has 1 aromatic carbocycles. The number of nitrogens with one attached hydrogen (secondary N) is 1.